The summed E-state index contributed by atoms with van der Waals surface area (Å²) in [5.41, 5.74) is 6.71. The van der Waals surface area contributed by atoms with E-state index in [2.05, 4.69) is 17.6 Å². The lowest BCUT2D eigenvalue weighted by Gasteiger charge is -2.08. The highest BCUT2D eigenvalue weighted by atomic mass is 35.5. The molecule has 4 nitrogen and oxygen atoms in total. The smallest absolute Gasteiger partial charge is 0.160 e. The molecule has 0 fully saturated rings. The van der Waals surface area contributed by atoms with Gasteiger partial charge in [0, 0.05) is 12.3 Å². The highest BCUT2D eigenvalue weighted by molar-refractivity contribution is 7.81. The summed E-state index contributed by atoms with van der Waals surface area (Å²) in [5, 5.41) is 0. The molecule has 6 heteroatoms. The number of aliphatic imine (C=N–C) groups is 1. The van der Waals surface area contributed by atoms with Crippen LogP contribution in [0.3, 0.4) is 0 Å². The number of amidine groups is 1. The van der Waals surface area contributed by atoms with Gasteiger partial charge in [0.15, 0.2) is 11.5 Å². The summed E-state index contributed by atoms with van der Waals surface area (Å²) in [6.07, 6.45) is 0.814. The number of thiol groups is 1. The first-order valence-corrected chi connectivity index (χ1v) is 5.95. The lowest BCUT2D eigenvalue weighted by Crippen LogP contribution is -2.14. The maximum Gasteiger partial charge on any atom is 0.160 e. The monoisotopic (exact) mass is 290 g/mol. The molecule has 1 rings (SSSR count). The van der Waals surface area contributed by atoms with Crippen molar-refractivity contribution in [3.05, 3.63) is 23.8 Å². The Morgan fingerprint density at radius 1 is 1.28 bits per heavy atom. The molecule has 0 radical (unpaired) electrons. The molecule has 0 saturated carbocycles. The SMILES string of the molecule is COc1ccc(CCN=C(N)CS)cc1OC.Cl. The number of ether oxygens (including phenoxy) is 2. The van der Waals surface area contributed by atoms with E-state index in [0.29, 0.717) is 18.1 Å². The molecule has 102 valence electrons. The highest BCUT2D eigenvalue weighted by Gasteiger charge is 2.03. The molecule has 1 aromatic carbocycles. The van der Waals surface area contributed by atoms with Crippen molar-refractivity contribution in [2.45, 2.75) is 6.42 Å². The Bertz CT molecular complexity index is 400. The van der Waals surface area contributed by atoms with Crippen LogP contribution in [0.5, 0.6) is 11.5 Å². The van der Waals surface area contributed by atoms with Crippen molar-refractivity contribution in [3.8, 4) is 11.5 Å². The zero-order valence-corrected chi connectivity index (χ0v) is 12.3. The molecule has 0 aliphatic heterocycles. The van der Waals surface area contributed by atoms with Crippen molar-refractivity contribution in [1.82, 2.24) is 0 Å². The molecule has 1 aromatic rings. The number of nitrogens with zero attached hydrogens (tertiary/aromatic N) is 1. The second-order valence-corrected chi connectivity index (χ2v) is 3.79. The lowest BCUT2D eigenvalue weighted by atomic mass is 10.1. The van der Waals surface area contributed by atoms with E-state index in [9.17, 15) is 0 Å². The Hall–Kier alpha value is -1.07. The number of halogens is 1. The molecule has 0 atom stereocenters. The van der Waals surface area contributed by atoms with Crippen LogP contribution in [0.1, 0.15) is 5.56 Å². The normalized spacial score (nSPS) is 10.7. The molecule has 0 aliphatic carbocycles. The second kappa shape index (κ2) is 8.94. The number of methoxy groups -OCH3 is 2. The van der Waals surface area contributed by atoms with E-state index in [-0.39, 0.29) is 12.4 Å². The third-order valence-electron chi connectivity index (χ3n) is 2.33. The van der Waals surface area contributed by atoms with Gasteiger partial charge < -0.3 is 15.2 Å². The fraction of sp³-hybridized carbons (Fsp3) is 0.417. The Balaban J connectivity index is 0.00000289. The van der Waals surface area contributed by atoms with Gasteiger partial charge in [-0.2, -0.15) is 12.6 Å². The molecule has 0 heterocycles. The first kappa shape index (κ1) is 16.9. The van der Waals surface area contributed by atoms with E-state index in [1.54, 1.807) is 14.2 Å². The zero-order valence-electron chi connectivity index (χ0n) is 10.5. The molecule has 0 bridgehead atoms. The molecule has 0 saturated heterocycles. The number of rotatable bonds is 6. The fourth-order valence-corrected chi connectivity index (χ4v) is 1.51. The zero-order chi connectivity index (χ0) is 12.7. The molecule has 0 aliphatic rings. The highest BCUT2D eigenvalue weighted by Crippen LogP contribution is 2.27. The van der Waals surface area contributed by atoms with E-state index >= 15 is 0 Å². The van der Waals surface area contributed by atoms with Crippen LogP contribution in [-0.4, -0.2) is 32.4 Å². The minimum atomic E-state index is 0. The Labute approximate surface area is 119 Å². The topological polar surface area (TPSA) is 56.8 Å². The van der Waals surface area contributed by atoms with Gasteiger partial charge >= 0.3 is 0 Å². The lowest BCUT2D eigenvalue weighted by molar-refractivity contribution is 0.354. The van der Waals surface area contributed by atoms with E-state index < -0.39 is 0 Å². The summed E-state index contributed by atoms with van der Waals surface area (Å²) < 4.78 is 10.4. The minimum absolute atomic E-state index is 0. The summed E-state index contributed by atoms with van der Waals surface area (Å²) in [6, 6.07) is 5.83. The predicted octanol–water partition coefficient (Wildman–Crippen LogP) is 1.96. The molecule has 0 unspecified atom stereocenters. The van der Waals surface area contributed by atoms with E-state index in [1.165, 1.54) is 0 Å². The fourth-order valence-electron chi connectivity index (χ4n) is 1.41. The minimum Gasteiger partial charge on any atom is -0.493 e. The van der Waals surface area contributed by atoms with Gasteiger partial charge in [-0.25, -0.2) is 0 Å². The Kier molecular flexibility index (Phi) is 8.41. The average molecular weight is 291 g/mol. The Morgan fingerprint density at radius 3 is 2.50 bits per heavy atom. The van der Waals surface area contributed by atoms with E-state index in [4.69, 9.17) is 15.2 Å². The van der Waals surface area contributed by atoms with Gasteiger partial charge in [-0.3, -0.25) is 4.99 Å². The molecule has 0 aromatic heterocycles. The van der Waals surface area contributed by atoms with Crippen molar-refractivity contribution < 1.29 is 9.47 Å². The molecule has 0 spiro atoms. The van der Waals surface area contributed by atoms with Gasteiger partial charge in [0.05, 0.1) is 14.2 Å². The summed E-state index contributed by atoms with van der Waals surface area (Å²) in [6.45, 7) is 0.655. The van der Waals surface area contributed by atoms with E-state index in [1.807, 2.05) is 18.2 Å². The number of hydrogen-bond acceptors (Lipinski definition) is 4. The first-order chi connectivity index (χ1) is 8.21. The van der Waals surface area contributed by atoms with Crippen LogP contribution in [0.2, 0.25) is 0 Å². The van der Waals surface area contributed by atoms with Crippen molar-refractivity contribution in [3.63, 3.8) is 0 Å². The molecular formula is C12H19ClN2O2S. The van der Waals surface area contributed by atoms with E-state index in [0.717, 1.165) is 23.5 Å². The van der Waals surface area contributed by atoms with Crippen LogP contribution in [0, 0.1) is 0 Å². The first-order valence-electron chi connectivity index (χ1n) is 5.31. The maximum absolute atomic E-state index is 5.57. The van der Waals surface area contributed by atoms with Crippen LogP contribution in [0.15, 0.2) is 23.2 Å². The standard InChI is InChI=1S/C12H18N2O2S.ClH/c1-15-10-4-3-9(7-11(10)16-2)5-6-14-12(13)8-17;/h3-4,7,17H,5-6,8H2,1-2H3,(H2,13,14);1H. The average Bonchev–Trinajstić information content (AvgIpc) is 2.38. The molecule has 18 heavy (non-hydrogen) atoms. The Morgan fingerprint density at radius 2 is 1.94 bits per heavy atom. The van der Waals surface area contributed by atoms with Crippen molar-refractivity contribution in [2.75, 3.05) is 26.5 Å². The molecular weight excluding hydrogens is 272 g/mol. The van der Waals surface area contributed by atoms with Gasteiger partial charge in [-0.05, 0) is 24.1 Å². The summed E-state index contributed by atoms with van der Waals surface area (Å²) in [5.74, 6) is 2.52. The van der Waals surface area contributed by atoms with Gasteiger partial charge in [0.2, 0.25) is 0 Å². The maximum atomic E-state index is 5.57. The molecule has 0 amide bonds. The third kappa shape index (κ3) is 5.06. The van der Waals surface area contributed by atoms with Crippen molar-refractivity contribution in [2.24, 2.45) is 10.7 Å². The van der Waals surface area contributed by atoms with Gasteiger partial charge in [-0.15, -0.1) is 12.4 Å². The number of hydrogen-bond donors (Lipinski definition) is 2. The summed E-state index contributed by atoms with van der Waals surface area (Å²) in [7, 11) is 3.24. The third-order valence-corrected chi connectivity index (χ3v) is 2.65. The van der Waals surface area contributed by atoms with Crippen molar-refractivity contribution in [1.29, 1.82) is 0 Å². The number of nitrogens with two attached hydrogens (primary N) is 1. The van der Waals surface area contributed by atoms with Gasteiger partial charge in [0.1, 0.15) is 5.84 Å². The predicted molar refractivity (Wildman–Crippen MR) is 80.8 cm³/mol. The van der Waals surface area contributed by atoms with Crippen LogP contribution in [-0.2, 0) is 6.42 Å². The van der Waals surface area contributed by atoms with Gasteiger partial charge in [0.25, 0.3) is 0 Å². The summed E-state index contributed by atoms with van der Waals surface area (Å²) >= 11 is 4.04. The number of benzene rings is 1. The van der Waals surface area contributed by atoms with Crippen LogP contribution < -0.4 is 15.2 Å². The van der Waals surface area contributed by atoms with Crippen molar-refractivity contribution >= 4 is 30.9 Å². The summed E-state index contributed by atoms with van der Waals surface area (Å²) in [4.78, 5) is 4.18. The largest absolute Gasteiger partial charge is 0.493 e. The quantitative estimate of drug-likeness (QED) is 0.478. The van der Waals surface area contributed by atoms with Crippen LogP contribution in [0.4, 0.5) is 0 Å². The second-order valence-electron chi connectivity index (χ2n) is 3.47. The van der Waals surface area contributed by atoms with Crippen LogP contribution >= 0.6 is 25.0 Å². The van der Waals surface area contributed by atoms with Gasteiger partial charge in [-0.1, -0.05) is 6.07 Å². The molecule has 2 N–H and O–H groups in total. The van der Waals surface area contributed by atoms with Crippen LogP contribution in [0.25, 0.3) is 0 Å².